The molecule has 0 atom stereocenters. The molecule has 2 heterocycles. The first-order chi connectivity index (χ1) is 6.74. The summed E-state index contributed by atoms with van der Waals surface area (Å²) in [6.45, 7) is 1.47. The van der Waals surface area contributed by atoms with Gasteiger partial charge in [0.1, 0.15) is 11.2 Å². The molecule has 0 aliphatic rings. The zero-order valence-electron chi connectivity index (χ0n) is 7.87. The van der Waals surface area contributed by atoms with Crippen molar-refractivity contribution in [3.63, 3.8) is 0 Å². The highest BCUT2D eigenvalue weighted by Gasteiger charge is 2.12. The lowest BCUT2D eigenvalue weighted by Gasteiger charge is -1.97. The second-order valence-corrected chi connectivity index (χ2v) is 2.87. The molecule has 5 heteroatoms. The van der Waals surface area contributed by atoms with E-state index in [0.29, 0.717) is 17.1 Å². The van der Waals surface area contributed by atoms with Crippen LogP contribution in [0, 0.1) is 0 Å². The smallest absolute Gasteiger partial charge is 0.239 e. The number of H-pyrrole nitrogens is 1. The van der Waals surface area contributed by atoms with E-state index in [1.54, 1.807) is 12.3 Å². The van der Waals surface area contributed by atoms with Gasteiger partial charge in [0, 0.05) is 18.5 Å². The van der Waals surface area contributed by atoms with Gasteiger partial charge in [-0.05, 0) is 6.07 Å². The van der Waals surface area contributed by atoms with Crippen LogP contribution in [0.15, 0.2) is 12.3 Å². The van der Waals surface area contributed by atoms with Gasteiger partial charge in [-0.15, -0.1) is 0 Å². The molecule has 0 fully saturated rings. The van der Waals surface area contributed by atoms with E-state index in [0.717, 1.165) is 5.39 Å². The SMILES string of the molecule is COc1nccc2c(C(C)=O)n[nH]c12. The lowest BCUT2D eigenvalue weighted by Crippen LogP contribution is -1.92. The minimum atomic E-state index is -0.0792. The van der Waals surface area contributed by atoms with Crippen molar-refractivity contribution in [3.05, 3.63) is 18.0 Å². The third-order valence-electron chi connectivity index (χ3n) is 1.98. The summed E-state index contributed by atoms with van der Waals surface area (Å²) >= 11 is 0. The highest BCUT2D eigenvalue weighted by molar-refractivity contribution is 6.05. The zero-order chi connectivity index (χ0) is 10.1. The number of aromatic nitrogens is 3. The maximum atomic E-state index is 11.2. The van der Waals surface area contributed by atoms with E-state index < -0.39 is 0 Å². The standard InChI is InChI=1S/C9H9N3O2/c1-5(13)7-6-3-4-10-9(14-2)8(6)12-11-7/h3-4H,1-2H3,(H,11,12). The number of methoxy groups -OCH3 is 1. The first-order valence-electron chi connectivity index (χ1n) is 4.12. The maximum Gasteiger partial charge on any atom is 0.239 e. The quantitative estimate of drug-likeness (QED) is 0.723. The van der Waals surface area contributed by atoms with Crippen LogP contribution in [0.3, 0.4) is 0 Å². The Morgan fingerprint density at radius 3 is 3.00 bits per heavy atom. The second-order valence-electron chi connectivity index (χ2n) is 2.87. The van der Waals surface area contributed by atoms with Crippen molar-refractivity contribution in [2.24, 2.45) is 0 Å². The molecular weight excluding hydrogens is 182 g/mol. The molecule has 2 rings (SSSR count). The molecule has 0 spiro atoms. The zero-order valence-corrected chi connectivity index (χ0v) is 7.87. The van der Waals surface area contributed by atoms with Gasteiger partial charge in [0.15, 0.2) is 5.78 Å². The lowest BCUT2D eigenvalue weighted by atomic mass is 10.2. The number of nitrogens with one attached hydrogen (secondary N) is 1. The number of pyridine rings is 1. The number of hydrogen-bond acceptors (Lipinski definition) is 4. The topological polar surface area (TPSA) is 67.9 Å². The van der Waals surface area contributed by atoms with Crippen LogP contribution < -0.4 is 4.74 Å². The van der Waals surface area contributed by atoms with Crippen LogP contribution in [-0.2, 0) is 0 Å². The van der Waals surface area contributed by atoms with Crippen molar-refractivity contribution in [2.45, 2.75) is 6.92 Å². The fourth-order valence-electron chi connectivity index (χ4n) is 1.34. The normalized spacial score (nSPS) is 10.4. The highest BCUT2D eigenvalue weighted by Crippen LogP contribution is 2.22. The Kier molecular flexibility index (Phi) is 1.92. The van der Waals surface area contributed by atoms with Crippen molar-refractivity contribution >= 4 is 16.7 Å². The molecule has 0 saturated heterocycles. The summed E-state index contributed by atoms with van der Waals surface area (Å²) in [6.07, 6.45) is 1.59. The summed E-state index contributed by atoms with van der Waals surface area (Å²) in [4.78, 5) is 15.2. The number of carbonyl (C=O) groups is 1. The van der Waals surface area contributed by atoms with E-state index in [-0.39, 0.29) is 5.78 Å². The molecule has 0 aliphatic heterocycles. The average molecular weight is 191 g/mol. The highest BCUT2D eigenvalue weighted by atomic mass is 16.5. The number of aromatic amines is 1. The summed E-state index contributed by atoms with van der Waals surface area (Å²) in [5.74, 6) is 0.368. The Balaban J connectivity index is 2.75. The molecule has 0 unspecified atom stereocenters. The molecule has 0 amide bonds. The number of hydrogen-bond donors (Lipinski definition) is 1. The molecular formula is C9H9N3O2. The van der Waals surface area contributed by atoms with Crippen LogP contribution in [0.25, 0.3) is 10.9 Å². The van der Waals surface area contributed by atoms with E-state index in [9.17, 15) is 4.79 Å². The van der Waals surface area contributed by atoms with Gasteiger partial charge in [-0.25, -0.2) is 4.98 Å². The Hall–Kier alpha value is -1.91. The monoisotopic (exact) mass is 191 g/mol. The van der Waals surface area contributed by atoms with Crippen molar-refractivity contribution in [2.75, 3.05) is 7.11 Å². The van der Waals surface area contributed by atoms with Crippen LogP contribution in [-0.4, -0.2) is 28.1 Å². The second kappa shape index (κ2) is 3.10. The van der Waals surface area contributed by atoms with Crippen LogP contribution in [0.2, 0.25) is 0 Å². The van der Waals surface area contributed by atoms with Crippen molar-refractivity contribution < 1.29 is 9.53 Å². The van der Waals surface area contributed by atoms with Gasteiger partial charge >= 0.3 is 0 Å². The van der Waals surface area contributed by atoms with Gasteiger partial charge in [-0.1, -0.05) is 0 Å². The molecule has 0 saturated carbocycles. The van der Waals surface area contributed by atoms with Crippen molar-refractivity contribution in [1.82, 2.24) is 15.2 Å². The van der Waals surface area contributed by atoms with Gasteiger partial charge in [0.2, 0.25) is 5.88 Å². The van der Waals surface area contributed by atoms with Crippen LogP contribution in [0.1, 0.15) is 17.4 Å². The summed E-state index contributed by atoms with van der Waals surface area (Å²) in [7, 11) is 1.52. The Labute approximate surface area is 80.1 Å². The predicted octanol–water partition coefficient (Wildman–Crippen LogP) is 1.17. The number of nitrogens with zero attached hydrogens (tertiary/aromatic N) is 2. The molecule has 14 heavy (non-hydrogen) atoms. The lowest BCUT2D eigenvalue weighted by molar-refractivity contribution is 0.101. The number of ether oxygens (including phenoxy) is 1. The Morgan fingerprint density at radius 2 is 2.36 bits per heavy atom. The third-order valence-corrected chi connectivity index (χ3v) is 1.98. The van der Waals surface area contributed by atoms with Crippen LogP contribution in [0.4, 0.5) is 0 Å². The minimum absolute atomic E-state index is 0.0792. The van der Waals surface area contributed by atoms with E-state index in [2.05, 4.69) is 15.2 Å². The maximum absolute atomic E-state index is 11.2. The Morgan fingerprint density at radius 1 is 1.57 bits per heavy atom. The summed E-state index contributed by atoms with van der Waals surface area (Å²) in [5, 5.41) is 7.38. The summed E-state index contributed by atoms with van der Waals surface area (Å²) in [5.41, 5.74) is 1.07. The molecule has 5 nitrogen and oxygen atoms in total. The molecule has 0 aliphatic carbocycles. The fourth-order valence-corrected chi connectivity index (χ4v) is 1.34. The minimum Gasteiger partial charge on any atom is -0.479 e. The van der Waals surface area contributed by atoms with Gasteiger partial charge in [0.05, 0.1) is 7.11 Å². The summed E-state index contributed by atoms with van der Waals surface area (Å²) < 4.78 is 5.03. The number of ketones is 1. The van der Waals surface area contributed by atoms with E-state index in [1.807, 2.05) is 0 Å². The molecule has 0 radical (unpaired) electrons. The number of carbonyl (C=O) groups excluding carboxylic acids is 1. The first kappa shape index (κ1) is 8.68. The Bertz CT molecular complexity index is 490. The van der Waals surface area contributed by atoms with Crippen molar-refractivity contribution in [3.8, 4) is 5.88 Å². The van der Waals surface area contributed by atoms with E-state index in [4.69, 9.17) is 4.74 Å². The number of fused-ring (bicyclic) bond motifs is 1. The third kappa shape index (κ3) is 1.14. The largest absolute Gasteiger partial charge is 0.479 e. The number of Topliss-reactive ketones (excluding diaryl/α,β-unsaturated/α-hetero) is 1. The molecule has 0 aromatic carbocycles. The average Bonchev–Trinajstić information content (AvgIpc) is 2.60. The molecule has 0 bridgehead atoms. The van der Waals surface area contributed by atoms with Gasteiger partial charge < -0.3 is 4.74 Å². The van der Waals surface area contributed by atoms with E-state index >= 15 is 0 Å². The molecule has 2 aromatic rings. The fraction of sp³-hybridized carbons (Fsp3) is 0.222. The first-order valence-corrected chi connectivity index (χ1v) is 4.12. The van der Waals surface area contributed by atoms with E-state index in [1.165, 1.54) is 14.0 Å². The number of rotatable bonds is 2. The van der Waals surface area contributed by atoms with Gasteiger partial charge in [0.25, 0.3) is 0 Å². The van der Waals surface area contributed by atoms with Gasteiger partial charge in [-0.3, -0.25) is 9.89 Å². The predicted molar refractivity (Wildman–Crippen MR) is 50.4 cm³/mol. The molecule has 2 aromatic heterocycles. The summed E-state index contributed by atoms with van der Waals surface area (Å²) in [6, 6.07) is 1.73. The van der Waals surface area contributed by atoms with Crippen molar-refractivity contribution in [1.29, 1.82) is 0 Å². The molecule has 72 valence electrons. The van der Waals surface area contributed by atoms with Gasteiger partial charge in [-0.2, -0.15) is 5.10 Å². The van der Waals surface area contributed by atoms with Crippen LogP contribution >= 0.6 is 0 Å². The van der Waals surface area contributed by atoms with Crippen LogP contribution in [0.5, 0.6) is 5.88 Å². The molecule has 1 N–H and O–H groups in total.